The van der Waals surface area contributed by atoms with E-state index in [0.717, 1.165) is 170 Å². The summed E-state index contributed by atoms with van der Waals surface area (Å²) in [6.07, 6.45) is 21.6. The second-order valence-electron chi connectivity index (χ2n) is 20.6. The average Bonchev–Trinajstić information content (AvgIpc) is 4.51. The predicted molar refractivity (Wildman–Crippen MR) is 342 cm³/mol. The van der Waals surface area contributed by atoms with Gasteiger partial charge in [-0.05, 0) is 195 Å². The van der Waals surface area contributed by atoms with Gasteiger partial charge in [-0.2, -0.15) is 0 Å². The number of carbonyl (C=O) groups is 4. The van der Waals surface area contributed by atoms with Crippen molar-refractivity contribution in [1.82, 2.24) is 19.9 Å². The quantitative estimate of drug-likeness (QED) is 0.0273. The molecule has 7 aromatic rings. The first-order chi connectivity index (χ1) is 41.1. The van der Waals surface area contributed by atoms with Gasteiger partial charge >= 0.3 is 0 Å². The molecule has 0 saturated carbocycles. The lowest BCUT2D eigenvalue weighted by Gasteiger charge is -2.10. The van der Waals surface area contributed by atoms with Crippen LogP contribution in [-0.2, 0) is 19.2 Å². The number of benzene rings is 4. The first-order valence-corrected chi connectivity index (χ1v) is 28.9. The number of carbonyl (C=O) groups excluding carboxylic acids is 4. The molecule has 12 heteroatoms. The summed E-state index contributed by atoms with van der Waals surface area (Å²) in [4.78, 5) is 66.0. The van der Waals surface area contributed by atoms with Crippen LogP contribution in [0.5, 0.6) is 17.2 Å². The number of ketones is 4. The van der Waals surface area contributed by atoms with Crippen LogP contribution in [-0.4, -0.2) is 69.4 Å². The van der Waals surface area contributed by atoms with Crippen LogP contribution in [0.15, 0.2) is 172 Å². The Balaban J connectivity index is 1.19. The Morgan fingerprint density at radius 1 is 0.369 bits per heavy atom. The van der Waals surface area contributed by atoms with E-state index in [1.54, 1.807) is 0 Å². The Labute approximate surface area is 491 Å². The van der Waals surface area contributed by atoms with Gasteiger partial charge < -0.3 is 29.5 Å². The molecule has 0 saturated heterocycles. The van der Waals surface area contributed by atoms with Gasteiger partial charge in [0.1, 0.15) is 17.2 Å². The lowest BCUT2D eigenvalue weighted by atomic mass is 10.0. The van der Waals surface area contributed by atoms with Crippen molar-refractivity contribution in [2.45, 2.75) is 77.0 Å². The zero-order valence-electron chi connectivity index (χ0n) is 47.6. The minimum Gasteiger partial charge on any atom is -0.494 e. The summed E-state index contributed by atoms with van der Waals surface area (Å²) in [6.45, 7) is 16.5. The van der Waals surface area contributed by atoms with Crippen LogP contribution in [0.2, 0.25) is 0 Å². The fourth-order valence-electron chi connectivity index (χ4n) is 10.2. The Kier molecular flexibility index (Phi) is 20.6. The zero-order chi connectivity index (χ0) is 58.6. The molecule has 0 radical (unpaired) electrons. The third-order valence-corrected chi connectivity index (χ3v) is 14.7. The Bertz CT molecular complexity index is 3290. The average molecular weight is 1120 g/mol. The fourth-order valence-corrected chi connectivity index (χ4v) is 10.2. The molecule has 9 rings (SSSR count). The van der Waals surface area contributed by atoms with Gasteiger partial charge in [-0.1, -0.05) is 74.8 Å². The maximum Gasteiger partial charge on any atom is 0.155 e. The number of aromatic nitrogens is 4. The minimum absolute atomic E-state index is 0.0308. The minimum atomic E-state index is 0.0308. The van der Waals surface area contributed by atoms with Crippen LogP contribution in [0.25, 0.3) is 90.9 Å². The summed E-state index contributed by atoms with van der Waals surface area (Å²) in [5, 5.41) is 3.53. The van der Waals surface area contributed by atoms with Gasteiger partial charge in [0, 0.05) is 82.2 Å². The first-order valence-electron chi connectivity index (χ1n) is 28.9. The normalized spacial score (nSPS) is 11.4. The SMILES string of the molecule is C=CC(=O)CCCCNc1ccc(-c2c3nc(c(-c4ccc(OCCCCC(=O)C=C)cc4)c4ccc([nH]4)c(-c4ccc(OCCCCC(=O)C=C)cc4)c4nc(c(-c5ccc(OCCCCC(=O)C=C)cc5)c5ccc2[nH]5)C=C4)C=C3)cc1. The number of nitrogens with one attached hydrogen (secondary N) is 3. The molecule has 3 aromatic heterocycles. The molecule has 426 valence electrons. The Morgan fingerprint density at radius 3 is 0.929 bits per heavy atom. The van der Waals surface area contributed by atoms with Crippen LogP contribution in [0.1, 0.15) is 99.8 Å². The van der Waals surface area contributed by atoms with Crippen LogP contribution in [0.4, 0.5) is 5.69 Å². The van der Waals surface area contributed by atoms with Crippen LogP contribution < -0.4 is 19.5 Å². The summed E-state index contributed by atoms with van der Waals surface area (Å²) in [5.41, 5.74) is 14.7. The molecule has 3 N–H and O–H groups in total. The molecule has 2 aliphatic rings. The smallest absolute Gasteiger partial charge is 0.155 e. The molecule has 0 unspecified atom stereocenters. The van der Waals surface area contributed by atoms with Gasteiger partial charge in [0.05, 0.1) is 42.6 Å². The molecule has 0 atom stereocenters. The number of hydrogen-bond acceptors (Lipinski definition) is 10. The highest BCUT2D eigenvalue weighted by atomic mass is 16.5. The van der Waals surface area contributed by atoms with Crippen LogP contribution in [0, 0.1) is 0 Å². The van der Waals surface area contributed by atoms with E-state index >= 15 is 0 Å². The lowest BCUT2D eigenvalue weighted by Crippen LogP contribution is -2.02. The molecule has 4 aromatic carbocycles. The molecule has 84 heavy (non-hydrogen) atoms. The number of unbranched alkanes of at least 4 members (excludes halogenated alkanes) is 4. The predicted octanol–water partition coefficient (Wildman–Crippen LogP) is 16.6. The van der Waals surface area contributed by atoms with E-state index < -0.39 is 0 Å². The van der Waals surface area contributed by atoms with E-state index in [-0.39, 0.29) is 23.1 Å². The zero-order valence-corrected chi connectivity index (χ0v) is 47.6. The monoisotopic (exact) mass is 1120 g/mol. The summed E-state index contributed by atoms with van der Waals surface area (Å²) >= 11 is 0. The number of aromatic amines is 2. The number of ether oxygens (including phenoxy) is 3. The first kappa shape index (κ1) is 59.0. The Morgan fingerprint density at radius 2 is 0.643 bits per heavy atom. The number of H-pyrrole nitrogens is 2. The van der Waals surface area contributed by atoms with Gasteiger partial charge in [0.15, 0.2) is 23.1 Å². The molecule has 8 bridgehead atoms. The summed E-state index contributed by atoms with van der Waals surface area (Å²) in [7, 11) is 0. The second-order valence-corrected chi connectivity index (χ2v) is 20.6. The molecule has 0 spiro atoms. The molecule has 0 amide bonds. The summed E-state index contributed by atoms with van der Waals surface area (Å²) < 4.78 is 18.5. The highest BCUT2D eigenvalue weighted by Crippen LogP contribution is 2.40. The van der Waals surface area contributed by atoms with E-state index in [9.17, 15) is 19.2 Å². The van der Waals surface area contributed by atoms with E-state index in [1.807, 2.05) is 36.4 Å². The number of fused-ring (bicyclic) bond motifs is 8. The van der Waals surface area contributed by atoms with Crippen molar-refractivity contribution in [2.75, 3.05) is 31.7 Å². The maximum atomic E-state index is 11.8. The van der Waals surface area contributed by atoms with Crippen molar-refractivity contribution in [3.8, 4) is 61.8 Å². The van der Waals surface area contributed by atoms with Crippen molar-refractivity contribution >= 4 is 75.2 Å². The number of nitrogens with zero attached hydrogens (tertiary/aromatic N) is 2. The van der Waals surface area contributed by atoms with E-state index in [4.69, 9.17) is 24.2 Å². The molecule has 12 nitrogen and oxygen atoms in total. The van der Waals surface area contributed by atoms with Gasteiger partial charge in [-0.3, -0.25) is 19.2 Å². The Hall–Kier alpha value is -9.68. The number of rotatable bonds is 32. The van der Waals surface area contributed by atoms with Gasteiger partial charge in [0.25, 0.3) is 0 Å². The number of anilines is 1. The van der Waals surface area contributed by atoms with Crippen molar-refractivity contribution < 1.29 is 33.4 Å². The van der Waals surface area contributed by atoms with E-state index in [1.165, 1.54) is 24.3 Å². The molecule has 0 aliphatic carbocycles. The number of allylic oxidation sites excluding steroid dienone is 4. The molecular formula is C72H71N5O7. The van der Waals surface area contributed by atoms with Gasteiger partial charge in [0.2, 0.25) is 0 Å². The highest BCUT2D eigenvalue weighted by Gasteiger charge is 2.20. The molecule has 5 heterocycles. The van der Waals surface area contributed by atoms with Crippen molar-refractivity contribution in [3.63, 3.8) is 0 Å². The van der Waals surface area contributed by atoms with Crippen molar-refractivity contribution in [1.29, 1.82) is 0 Å². The highest BCUT2D eigenvalue weighted by molar-refractivity contribution is 6.00. The number of hydrogen-bond donors (Lipinski definition) is 3. The van der Waals surface area contributed by atoms with Crippen LogP contribution >= 0.6 is 0 Å². The molecular weight excluding hydrogens is 1050 g/mol. The third kappa shape index (κ3) is 15.4. The maximum absolute atomic E-state index is 11.8. The standard InChI is InChI=1S/C72H71N5O7/c1-5-54(78)17-9-13-45-73-53-29-21-49(22-30-53)69-61-37-39-63(74-61)70(50-23-31-58(32-24-50)82-46-14-10-18-55(79)6-2)65-41-43-67(76-65)72(52-27-35-60(36-28-52)84-48-16-12-20-57(81)8-4)68-44-42-66(77-68)71(64-40-38-62(69)75-64)51-25-33-59(34-26-51)83-47-15-11-19-56(80)7-3/h5-8,21-44,73-74,77H,1-4,9-20,45-48H2. The fraction of sp³-hybridized carbons (Fsp3) is 0.222. The van der Waals surface area contributed by atoms with E-state index in [2.05, 4.69) is 151 Å². The van der Waals surface area contributed by atoms with Crippen molar-refractivity contribution in [2.24, 2.45) is 0 Å². The summed E-state index contributed by atoms with van der Waals surface area (Å²) in [6, 6.07) is 40.9. The van der Waals surface area contributed by atoms with Crippen molar-refractivity contribution in [3.05, 3.63) is 195 Å². The van der Waals surface area contributed by atoms with Crippen LogP contribution in [0.3, 0.4) is 0 Å². The third-order valence-electron chi connectivity index (χ3n) is 14.7. The molecule has 2 aliphatic heterocycles. The second kappa shape index (κ2) is 29.3. The summed E-state index contributed by atoms with van der Waals surface area (Å²) in [5.74, 6) is 2.31. The van der Waals surface area contributed by atoms with E-state index in [0.29, 0.717) is 45.5 Å². The largest absolute Gasteiger partial charge is 0.494 e. The van der Waals surface area contributed by atoms with Gasteiger partial charge in [-0.15, -0.1) is 0 Å². The molecule has 0 fully saturated rings. The topological polar surface area (TPSA) is 165 Å². The van der Waals surface area contributed by atoms with Gasteiger partial charge in [-0.25, -0.2) is 9.97 Å². The lowest BCUT2D eigenvalue weighted by molar-refractivity contribution is -0.115.